The summed E-state index contributed by atoms with van der Waals surface area (Å²) in [5.41, 5.74) is 5.48. The fraction of sp³-hybridized carbons (Fsp3) is 0.889. The molecule has 4 heteroatoms. The van der Waals surface area contributed by atoms with Crippen molar-refractivity contribution in [1.82, 2.24) is 4.90 Å². The van der Waals surface area contributed by atoms with Gasteiger partial charge >= 0.3 is 0 Å². The molecule has 0 aromatic heterocycles. The topological polar surface area (TPSA) is 46.3 Å². The van der Waals surface area contributed by atoms with Gasteiger partial charge < -0.3 is 10.6 Å². The average molecular weight is 202 g/mol. The summed E-state index contributed by atoms with van der Waals surface area (Å²) >= 11 is 1.82. The molecule has 0 bridgehead atoms. The van der Waals surface area contributed by atoms with Crippen LogP contribution in [-0.2, 0) is 4.79 Å². The number of nitrogens with zero attached hydrogens (tertiary/aromatic N) is 1. The van der Waals surface area contributed by atoms with Crippen LogP contribution in [0.2, 0.25) is 0 Å². The Labute approximate surface area is 84.0 Å². The largest absolute Gasteiger partial charge is 0.342 e. The maximum atomic E-state index is 11.4. The average Bonchev–Trinajstić information content (AvgIpc) is 2.03. The van der Waals surface area contributed by atoms with Crippen LogP contribution in [0, 0.1) is 5.92 Å². The Balaban J connectivity index is 2.05. The summed E-state index contributed by atoms with van der Waals surface area (Å²) in [5, 5.41) is 0. The van der Waals surface area contributed by atoms with Crippen LogP contribution in [0.25, 0.3) is 0 Å². The lowest BCUT2D eigenvalue weighted by Gasteiger charge is -2.38. The first kappa shape index (κ1) is 10.9. The molecule has 13 heavy (non-hydrogen) atoms. The first-order valence-corrected chi connectivity index (χ1v) is 5.99. The van der Waals surface area contributed by atoms with Crippen molar-refractivity contribution >= 4 is 17.7 Å². The maximum absolute atomic E-state index is 11.4. The standard InChI is InChI=1S/C9H18N2OS/c1-2-13-4-3-9(12)11-6-8(5-10)7-11/h8H,2-7,10H2,1H3. The molecular weight excluding hydrogens is 184 g/mol. The van der Waals surface area contributed by atoms with Gasteiger partial charge in [0.05, 0.1) is 0 Å². The second-order valence-corrected chi connectivity index (χ2v) is 4.74. The summed E-state index contributed by atoms with van der Waals surface area (Å²) < 4.78 is 0. The molecule has 1 aliphatic rings. The third-order valence-corrected chi connectivity index (χ3v) is 3.21. The molecule has 1 saturated heterocycles. The van der Waals surface area contributed by atoms with Crippen molar-refractivity contribution in [3.05, 3.63) is 0 Å². The fourth-order valence-corrected chi connectivity index (χ4v) is 1.99. The van der Waals surface area contributed by atoms with Crippen LogP contribution in [0.3, 0.4) is 0 Å². The van der Waals surface area contributed by atoms with E-state index in [1.165, 1.54) is 0 Å². The number of hydrogen-bond donors (Lipinski definition) is 1. The van der Waals surface area contributed by atoms with Gasteiger partial charge in [0.25, 0.3) is 0 Å². The summed E-state index contributed by atoms with van der Waals surface area (Å²) in [7, 11) is 0. The molecule has 0 aromatic rings. The molecule has 0 spiro atoms. The fourth-order valence-electron chi connectivity index (χ4n) is 1.38. The Morgan fingerprint density at radius 3 is 2.85 bits per heavy atom. The van der Waals surface area contributed by atoms with Crippen LogP contribution < -0.4 is 5.73 Å². The lowest BCUT2D eigenvalue weighted by molar-refractivity contribution is -0.136. The maximum Gasteiger partial charge on any atom is 0.223 e. The van der Waals surface area contributed by atoms with Crippen LogP contribution in [-0.4, -0.2) is 41.9 Å². The number of carbonyl (C=O) groups excluding carboxylic acids is 1. The summed E-state index contributed by atoms with van der Waals surface area (Å²) in [4.78, 5) is 13.3. The van der Waals surface area contributed by atoms with Gasteiger partial charge in [0, 0.05) is 31.2 Å². The molecule has 0 atom stereocenters. The monoisotopic (exact) mass is 202 g/mol. The quantitative estimate of drug-likeness (QED) is 0.662. The second kappa shape index (κ2) is 5.50. The summed E-state index contributed by atoms with van der Waals surface area (Å²) in [6.45, 7) is 4.59. The van der Waals surface area contributed by atoms with E-state index in [0.717, 1.165) is 24.6 Å². The van der Waals surface area contributed by atoms with Crippen LogP contribution in [0.1, 0.15) is 13.3 Å². The minimum atomic E-state index is 0.297. The second-order valence-electron chi connectivity index (χ2n) is 3.35. The minimum Gasteiger partial charge on any atom is -0.342 e. The molecule has 0 unspecified atom stereocenters. The first-order valence-electron chi connectivity index (χ1n) is 4.83. The summed E-state index contributed by atoms with van der Waals surface area (Å²) in [5.74, 6) is 2.91. The Morgan fingerprint density at radius 2 is 2.31 bits per heavy atom. The van der Waals surface area contributed by atoms with Crippen molar-refractivity contribution in [2.45, 2.75) is 13.3 Å². The number of amides is 1. The van der Waals surface area contributed by atoms with Crippen molar-refractivity contribution < 1.29 is 4.79 Å². The third-order valence-electron chi connectivity index (χ3n) is 2.31. The van der Waals surface area contributed by atoms with Crippen LogP contribution in [0.15, 0.2) is 0 Å². The van der Waals surface area contributed by atoms with Gasteiger partial charge in [-0.15, -0.1) is 0 Å². The first-order chi connectivity index (χ1) is 6.27. The predicted molar refractivity (Wildman–Crippen MR) is 56.7 cm³/mol. The highest BCUT2D eigenvalue weighted by Crippen LogP contribution is 2.15. The summed E-state index contributed by atoms with van der Waals surface area (Å²) in [6.07, 6.45) is 0.690. The van der Waals surface area contributed by atoms with Gasteiger partial charge in [-0.3, -0.25) is 4.79 Å². The highest BCUT2D eigenvalue weighted by atomic mass is 32.2. The van der Waals surface area contributed by atoms with E-state index < -0.39 is 0 Å². The van der Waals surface area contributed by atoms with Crippen LogP contribution in [0.5, 0.6) is 0 Å². The number of carbonyl (C=O) groups is 1. The smallest absolute Gasteiger partial charge is 0.223 e. The molecule has 1 amide bonds. The van der Waals surface area contributed by atoms with E-state index in [1.807, 2.05) is 16.7 Å². The zero-order chi connectivity index (χ0) is 9.68. The van der Waals surface area contributed by atoms with E-state index in [1.54, 1.807) is 0 Å². The van der Waals surface area contributed by atoms with E-state index in [9.17, 15) is 4.79 Å². The number of rotatable bonds is 5. The Kier molecular flexibility index (Phi) is 4.59. The van der Waals surface area contributed by atoms with Crippen LogP contribution >= 0.6 is 11.8 Å². The van der Waals surface area contributed by atoms with Gasteiger partial charge in [0.2, 0.25) is 5.91 Å². The van der Waals surface area contributed by atoms with Crippen molar-refractivity contribution in [1.29, 1.82) is 0 Å². The molecule has 1 aliphatic heterocycles. The molecule has 0 radical (unpaired) electrons. The van der Waals surface area contributed by atoms with E-state index in [2.05, 4.69) is 6.92 Å². The van der Waals surface area contributed by atoms with E-state index >= 15 is 0 Å². The molecule has 3 nitrogen and oxygen atoms in total. The van der Waals surface area contributed by atoms with Crippen molar-refractivity contribution in [2.24, 2.45) is 11.7 Å². The zero-order valence-corrected chi connectivity index (χ0v) is 8.98. The molecule has 0 aliphatic carbocycles. The number of thioether (sulfide) groups is 1. The minimum absolute atomic E-state index is 0.297. The Bertz CT molecular complexity index is 169. The number of likely N-dealkylation sites (tertiary alicyclic amines) is 1. The molecule has 76 valence electrons. The van der Waals surface area contributed by atoms with Gasteiger partial charge in [-0.25, -0.2) is 0 Å². The van der Waals surface area contributed by atoms with Crippen molar-refractivity contribution in [3.8, 4) is 0 Å². The van der Waals surface area contributed by atoms with Crippen molar-refractivity contribution in [2.75, 3.05) is 31.1 Å². The molecule has 2 N–H and O–H groups in total. The molecule has 0 saturated carbocycles. The highest BCUT2D eigenvalue weighted by Gasteiger charge is 2.28. The molecule has 1 fully saturated rings. The third kappa shape index (κ3) is 3.19. The zero-order valence-electron chi connectivity index (χ0n) is 8.16. The Morgan fingerprint density at radius 1 is 1.62 bits per heavy atom. The lowest BCUT2D eigenvalue weighted by atomic mass is 10.0. The molecule has 1 heterocycles. The predicted octanol–water partition coefficient (Wildman–Crippen LogP) is 0.547. The van der Waals surface area contributed by atoms with Gasteiger partial charge in [-0.2, -0.15) is 11.8 Å². The van der Waals surface area contributed by atoms with Crippen LogP contribution in [0.4, 0.5) is 0 Å². The molecular formula is C9H18N2OS. The lowest BCUT2D eigenvalue weighted by Crippen LogP contribution is -2.52. The van der Waals surface area contributed by atoms with Gasteiger partial charge in [-0.05, 0) is 12.3 Å². The van der Waals surface area contributed by atoms with Crippen molar-refractivity contribution in [3.63, 3.8) is 0 Å². The van der Waals surface area contributed by atoms with Gasteiger partial charge in [-0.1, -0.05) is 6.92 Å². The normalized spacial score (nSPS) is 17.2. The molecule has 1 rings (SSSR count). The van der Waals surface area contributed by atoms with Gasteiger partial charge in [0.15, 0.2) is 0 Å². The number of hydrogen-bond acceptors (Lipinski definition) is 3. The van der Waals surface area contributed by atoms with Gasteiger partial charge in [0.1, 0.15) is 0 Å². The molecule has 0 aromatic carbocycles. The number of nitrogens with two attached hydrogens (primary N) is 1. The summed E-state index contributed by atoms with van der Waals surface area (Å²) in [6, 6.07) is 0. The SMILES string of the molecule is CCSCCC(=O)N1CC(CN)C1. The van der Waals surface area contributed by atoms with E-state index in [0.29, 0.717) is 24.8 Å². The van der Waals surface area contributed by atoms with E-state index in [4.69, 9.17) is 5.73 Å². The Hall–Kier alpha value is -0.220. The highest BCUT2D eigenvalue weighted by molar-refractivity contribution is 7.99. The van der Waals surface area contributed by atoms with E-state index in [-0.39, 0.29) is 0 Å².